The Balaban J connectivity index is 2.27. The van der Waals surface area contributed by atoms with Crippen molar-refractivity contribution >= 4 is 17.6 Å². The molecule has 1 heterocycles. The summed E-state index contributed by atoms with van der Waals surface area (Å²) in [5.41, 5.74) is 0.202. The fourth-order valence-corrected chi connectivity index (χ4v) is 2.89. The maximum Gasteiger partial charge on any atom is 0.334 e. The van der Waals surface area contributed by atoms with Crippen molar-refractivity contribution in [3.63, 3.8) is 0 Å². The van der Waals surface area contributed by atoms with Crippen LogP contribution in [0.5, 0.6) is 0 Å². The van der Waals surface area contributed by atoms with Crippen LogP contribution in [0.2, 0.25) is 0 Å². The number of ether oxygens (including phenoxy) is 2. The van der Waals surface area contributed by atoms with E-state index in [2.05, 4.69) is 0 Å². The second-order valence-electron chi connectivity index (χ2n) is 4.50. The summed E-state index contributed by atoms with van der Waals surface area (Å²) in [5, 5.41) is 18.9. The molecule has 0 aromatic heterocycles. The summed E-state index contributed by atoms with van der Waals surface area (Å²) in [5.74, 6) is -1.48. The molecule has 0 aromatic carbocycles. The zero-order chi connectivity index (χ0) is 12.6. The third-order valence-electron chi connectivity index (χ3n) is 3.69. The number of halogens is 1. The smallest absolute Gasteiger partial charge is 0.334 e. The average Bonchev–Trinajstić information content (AvgIpc) is 2.56. The van der Waals surface area contributed by atoms with Crippen molar-refractivity contribution in [1.29, 1.82) is 0 Å². The van der Waals surface area contributed by atoms with Crippen LogP contribution in [0.25, 0.3) is 0 Å². The molecule has 2 aliphatic rings. The Labute approximate surface area is 104 Å². The molecule has 0 bridgehead atoms. The molecule has 5 nitrogen and oxygen atoms in total. The summed E-state index contributed by atoms with van der Waals surface area (Å²) in [4.78, 5) is 11.1. The van der Waals surface area contributed by atoms with Crippen molar-refractivity contribution in [2.24, 2.45) is 17.8 Å². The molecule has 5 atom stereocenters. The van der Waals surface area contributed by atoms with Gasteiger partial charge in [0.1, 0.15) is 6.07 Å². The van der Waals surface area contributed by atoms with E-state index < -0.39 is 18.4 Å². The molecule has 0 unspecified atom stereocenters. The molecule has 0 spiro atoms. The van der Waals surface area contributed by atoms with Gasteiger partial charge in [0.15, 0.2) is 0 Å². The molecule has 0 amide bonds. The zero-order valence-corrected chi connectivity index (χ0v) is 10.1. The minimum atomic E-state index is -1.01. The van der Waals surface area contributed by atoms with E-state index in [4.69, 9.17) is 26.2 Å². The van der Waals surface area contributed by atoms with Crippen molar-refractivity contribution < 1.29 is 24.5 Å². The van der Waals surface area contributed by atoms with E-state index in [1.807, 2.05) is 6.92 Å². The molecule has 2 rings (SSSR count). The second kappa shape index (κ2) is 4.84. The van der Waals surface area contributed by atoms with Gasteiger partial charge in [0.2, 0.25) is 6.29 Å². The Morgan fingerprint density at radius 1 is 1.71 bits per heavy atom. The molecular formula is C11H15ClO5. The van der Waals surface area contributed by atoms with Gasteiger partial charge in [-0.2, -0.15) is 0 Å². The largest absolute Gasteiger partial charge is 0.478 e. The first-order valence-corrected chi connectivity index (χ1v) is 6.04. The number of hydrogen-bond donors (Lipinski definition) is 2. The van der Waals surface area contributed by atoms with Gasteiger partial charge in [-0.05, 0) is 12.3 Å². The average molecular weight is 263 g/mol. The second-order valence-corrected chi connectivity index (χ2v) is 4.72. The summed E-state index contributed by atoms with van der Waals surface area (Å²) >= 11 is 5.51. The van der Waals surface area contributed by atoms with E-state index in [1.165, 1.54) is 6.26 Å². The number of carboxylic acids is 1. The van der Waals surface area contributed by atoms with Crippen molar-refractivity contribution in [2.45, 2.75) is 25.7 Å². The SMILES string of the molecule is C[C@@H]1[C@H]2[C@H](OCCl)OC=C(C(=O)O)[C@H]2C[C@@H]1O. The Bertz CT molecular complexity index is 343. The fraction of sp³-hybridized carbons (Fsp3) is 0.727. The van der Waals surface area contributed by atoms with Crippen LogP contribution in [0.15, 0.2) is 11.8 Å². The summed E-state index contributed by atoms with van der Waals surface area (Å²) in [6, 6.07) is -0.0209. The van der Waals surface area contributed by atoms with E-state index in [0.717, 1.165) is 0 Å². The van der Waals surface area contributed by atoms with E-state index in [0.29, 0.717) is 6.42 Å². The monoisotopic (exact) mass is 262 g/mol. The highest BCUT2D eigenvalue weighted by atomic mass is 35.5. The maximum atomic E-state index is 11.1. The number of rotatable bonds is 3. The minimum Gasteiger partial charge on any atom is -0.478 e. The zero-order valence-electron chi connectivity index (χ0n) is 9.38. The number of aliphatic carboxylic acids is 1. The summed E-state index contributed by atoms with van der Waals surface area (Å²) < 4.78 is 10.5. The Morgan fingerprint density at radius 3 is 3.00 bits per heavy atom. The van der Waals surface area contributed by atoms with E-state index in [1.54, 1.807) is 0 Å². The number of carbonyl (C=O) groups is 1. The van der Waals surface area contributed by atoms with Gasteiger partial charge in [0.25, 0.3) is 0 Å². The van der Waals surface area contributed by atoms with E-state index >= 15 is 0 Å². The molecular weight excluding hydrogens is 248 g/mol. The van der Waals surface area contributed by atoms with Crippen LogP contribution in [0, 0.1) is 17.8 Å². The molecule has 1 saturated carbocycles. The quantitative estimate of drug-likeness (QED) is 0.747. The molecule has 0 radical (unpaired) electrons. The fourth-order valence-electron chi connectivity index (χ4n) is 2.77. The van der Waals surface area contributed by atoms with Crippen LogP contribution < -0.4 is 0 Å². The van der Waals surface area contributed by atoms with Gasteiger partial charge >= 0.3 is 5.97 Å². The predicted molar refractivity (Wildman–Crippen MR) is 59.2 cm³/mol. The Morgan fingerprint density at radius 2 is 2.41 bits per heavy atom. The molecule has 0 saturated heterocycles. The van der Waals surface area contributed by atoms with Crippen LogP contribution in [-0.2, 0) is 14.3 Å². The van der Waals surface area contributed by atoms with E-state index in [9.17, 15) is 9.90 Å². The highest BCUT2D eigenvalue weighted by Gasteiger charge is 2.50. The highest BCUT2D eigenvalue weighted by Crippen LogP contribution is 2.46. The molecule has 96 valence electrons. The lowest BCUT2D eigenvalue weighted by Crippen LogP contribution is -2.37. The molecule has 0 aromatic rings. The lowest BCUT2D eigenvalue weighted by Gasteiger charge is -2.34. The third-order valence-corrected chi connectivity index (χ3v) is 3.82. The lowest BCUT2D eigenvalue weighted by atomic mass is 9.83. The normalized spacial score (nSPS) is 40.4. The van der Waals surface area contributed by atoms with Crippen LogP contribution >= 0.6 is 11.6 Å². The van der Waals surface area contributed by atoms with Gasteiger partial charge < -0.3 is 19.7 Å². The van der Waals surface area contributed by atoms with E-state index in [-0.39, 0.29) is 29.4 Å². The first-order chi connectivity index (χ1) is 8.06. The number of carboxylic acid groups (broad SMARTS) is 1. The number of aliphatic hydroxyl groups excluding tert-OH is 1. The molecule has 6 heteroatoms. The first-order valence-electron chi connectivity index (χ1n) is 5.50. The lowest BCUT2D eigenvalue weighted by molar-refractivity contribution is -0.158. The van der Waals surface area contributed by atoms with Gasteiger partial charge in [0.05, 0.1) is 17.9 Å². The van der Waals surface area contributed by atoms with Gasteiger partial charge in [-0.1, -0.05) is 18.5 Å². The Kier molecular flexibility index (Phi) is 3.61. The van der Waals surface area contributed by atoms with Gasteiger partial charge in [-0.15, -0.1) is 0 Å². The molecule has 17 heavy (non-hydrogen) atoms. The van der Waals surface area contributed by atoms with Crippen molar-refractivity contribution in [3.05, 3.63) is 11.8 Å². The summed E-state index contributed by atoms with van der Waals surface area (Å²) in [6.45, 7) is 1.87. The van der Waals surface area contributed by atoms with Gasteiger partial charge in [0, 0.05) is 11.8 Å². The number of aliphatic hydroxyl groups is 1. The number of fused-ring (bicyclic) bond motifs is 1. The van der Waals surface area contributed by atoms with Crippen molar-refractivity contribution in [3.8, 4) is 0 Å². The number of alkyl halides is 1. The molecule has 1 aliphatic heterocycles. The van der Waals surface area contributed by atoms with Crippen LogP contribution in [0.3, 0.4) is 0 Å². The third kappa shape index (κ3) is 2.14. The van der Waals surface area contributed by atoms with Crippen LogP contribution in [0.1, 0.15) is 13.3 Å². The molecule has 1 fully saturated rings. The van der Waals surface area contributed by atoms with Crippen molar-refractivity contribution in [1.82, 2.24) is 0 Å². The maximum absolute atomic E-state index is 11.1. The molecule has 1 aliphatic carbocycles. The Hall–Kier alpha value is -0.780. The first kappa shape index (κ1) is 12.7. The highest BCUT2D eigenvalue weighted by molar-refractivity contribution is 6.17. The van der Waals surface area contributed by atoms with Crippen LogP contribution in [-0.4, -0.2) is 34.6 Å². The van der Waals surface area contributed by atoms with Crippen LogP contribution in [0.4, 0.5) is 0 Å². The predicted octanol–water partition coefficient (Wildman–Crippen LogP) is 1.16. The topological polar surface area (TPSA) is 76.0 Å². The number of hydrogen-bond acceptors (Lipinski definition) is 4. The van der Waals surface area contributed by atoms with Gasteiger partial charge in [-0.25, -0.2) is 4.79 Å². The summed E-state index contributed by atoms with van der Waals surface area (Å²) in [6.07, 6.45) is 0.532. The van der Waals surface area contributed by atoms with Gasteiger partial charge in [-0.3, -0.25) is 0 Å². The summed E-state index contributed by atoms with van der Waals surface area (Å²) in [7, 11) is 0. The molecule has 2 N–H and O–H groups in total. The minimum absolute atomic E-state index is 0.0209. The standard InChI is InChI=1S/C11H15ClO5/c1-5-8(13)2-6-7(10(14)15)3-16-11(9(5)6)17-4-12/h3,5-6,8-9,11,13H,2,4H2,1H3,(H,14,15)/t5-,6+,8-,9+,11-/m0/s1. The van der Waals surface area contributed by atoms with Crippen molar-refractivity contribution in [2.75, 3.05) is 6.07 Å².